The maximum Gasteiger partial charge on any atom is 0.263 e. The fourth-order valence-corrected chi connectivity index (χ4v) is 4.49. The smallest absolute Gasteiger partial charge is 0.263 e. The average Bonchev–Trinajstić information content (AvgIpc) is 3.01. The summed E-state index contributed by atoms with van der Waals surface area (Å²) in [5, 5.41) is 16.1. The molecular weight excluding hydrogens is 374 g/mol. The molecule has 4 heterocycles. The average molecular weight is 396 g/mol. The van der Waals surface area contributed by atoms with E-state index in [9.17, 15) is 9.59 Å². The normalized spacial score (nSPS) is 20.8. The van der Waals surface area contributed by atoms with Crippen molar-refractivity contribution >= 4 is 29.7 Å². The minimum atomic E-state index is -0.310. The molecule has 26 heavy (non-hydrogen) atoms. The Kier molecular flexibility index (Phi) is 5.74. The Morgan fingerprint density at radius 3 is 3.00 bits per heavy atom. The highest BCUT2D eigenvalue weighted by atomic mass is 35.5. The number of carbonyl (C=O) groups excluding carboxylic acids is 1. The molecule has 0 spiro atoms. The van der Waals surface area contributed by atoms with Gasteiger partial charge in [-0.1, -0.05) is 0 Å². The highest BCUT2D eigenvalue weighted by Gasteiger charge is 2.31. The first-order valence-corrected chi connectivity index (χ1v) is 9.45. The Labute approximate surface area is 161 Å². The van der Waals surface area contributed by atoms with Crippen LogP contribution in [0.25, 0.3) is 0 Å². The molecule has 0 radical (unpaired) electrons. The number of rotatable bonds is 4. The van der Waals surface area contributed by atoms with Crippen LogP contribution in [-0.2, 0) is 13.0 Å². The summed E-state index contributed by atoms with van der Waals surface area (Å²) < 4.78 is 1.81. The monoisotopic (exact) mass is 395 g/mol. The van der Waals surface area contributed by atoms with Crippen LogP contribution in [0.1, 0.15) is 38.4 Å². The summed E-state index contributed by atoms with van der Waals surface area (Å²) in [6, 6.07) is 3.62. The van der Waals surface area contributed by atoms with Gasteiger partial charge in [0.2, 0.25) is 0 Å². The van der Waals surface area contributed by atoms with Crippen molar-refractivity contribution in [3.05, 3.63) is 43.8 Å². The van der Waals surface area contributed by atoms with E-state index in [-0.39, 0.29) is 29.4 Å². The topological polar surface area (TPSA) is 88.9 Å². The zero-order valence-electron chi connectivity index (χ0n) is 14.5. The van der Waals surface area contributed by atoms with Crippen molar-refractivity contribution in [2.75, 3.05) is 19.6 Å². The van der Waals surface area contributed by atoms with Crippen molar-refractivity contribution in [1.29, 1.82) is 0 Å². The molecule has 9 heteroatoms. The van der Waals surface area contributed by atoms with Crippen LogP contribution in [0.5, 0.6) is 0 Å². The molecule has 140 valence electrons. The number of nitrogens with zero attached hydrogens (tertiary/aromatic N) is 3. The molecule has 0 aliphatic carbocycles. The quantitative estimate of drug-likeness (QED) is 0.809. The Bertz CT molecular complexity index is 865. The number of nitrogens with one attached hydrogen (secondary N) is 2. The summed E-state index contributed by atoms with van der Waals surface area (Å²) in [5.41, 5.74) is 1.11. The van der Waals surface area contributed by atoms with Crippen molar-refractivity contribution in [3.63, 3.8) is 0 Å². The van der Waals surface area contributed by atoms with Crippen LogP contribution in [0.3, 0.4) is 0 Å². The van der Waals surface area contributed by atoms with E-state index in [1.165, 1.54) is 11.3 Å². The van der Waals surface area contributed by atoms with E-state index in [0.717, 1.165) is 35.2 Å². The summed E-state index contributed by atoms with van der Waals surface area (Å²) in [7, 11) is 0. The Morgan fingerprint density at radius 1 is 1.38 bits per heavy atom. The van der Waals surface area contributed by atoms with Gasteiger partial charge in [-0.15, -0.1) is 33.9 Å². The number of pyridine rings is 1. The molecule has 2 bridgehead atoms. The molecule has 2 aromatic heterocycles. The Morgan fingerprint density at radius 2 is 2.23 bits per heavy atom. The number of amides is 1. The number of piperidine rings is 1. The van der Waals surface area contributed by atoms with E-state index >= 15 is 0 Å². The molecule has 0 unspecified atom stereocenters. The molecular formula is C17H22ClN5O2S. The minimum Gasteiger partial charge on any atom is -0.351 e. The molecule has 7 nitrogen and oxygen atoms in total. The van der Waals surface area contributed by atoms with Crippen molar-refractivity contribution < 1.29 is 4.79 Å². The number of hydrogen-bond donors (Lipinski definition) is 2. The molecule has 4 rings (SSSR count). The molecule has 2 aromatic rings. The zero-order chi connectivity index (χ0) is 17.4. The van der Waals surface area contributed by atoms with E-state index in [0.29, 0.717) is 31.3 Å². The van der Waals surface area contributed by atoms with Gasteiger partial charge < -0.3 is 15.2 Å². The van der Waals surface area contributed by atoms with Gasteiger partial charge in [-0.05, 0) is 37.9 Å². The van der Waals surface area contributed by atoms with Crippen molar-refractivity contribution in [3.8, 4) is 0 Å². The van der Waals surface area contributed by atoms with Crippen LogP contribution < -0.4 is 16.2 Å². The van der Waals surface area contributed by atoms with Gasteiger partial charge in [0.05, 0.1) is 0 Å². The van der Waals surface area contributed by atoms with Gasteiger partial charge in [-0.3, -0.25) is 9.59 Å². The van der Waals surface area contributed by atoms with Crippen LogP contribution >= 0.6 is 23.7 Å². The summed E-state index contributed by atoms with van der Waals surface area (Å²) in [5.74, 6) is 0.538. The standard InChI is InChI=1S/C17H21N5O2S.ClH/c1-10-20-21-15(25-10)4-5-19-16(23)13-2-3-14-12-6-11(7-18-8-12)9-22(14)17(13)24;/h2-3,11-12,18H,4-9H2,1H3,(H,19,23);1H/t11-,12+;/m0./s1. The first-order valence-electron chi connectivity index (χ1n) is 8.63. The highest BCUT2D eigenvalue weighted by molar-refractivity contribution is 7.11. The molecule has 2 aliphatic heterocycles. The fraction of sp³-hybridized carbons (Fsp3) is 0.529. The maximum atomic E-state index is 12.8. The molecule has 2 aliphatic rings. The third-order valence-electron chi connectivity index (χ3n) is 4.95. The first-order chi connectivity index (χ1) is 12.1. The van der Waals surface area contributed by atoms with Crippen LogP contribution in [0, 0.1) is 12.8 Å². The second-order valence-electron chi connectivity index (χ2n) is 6.77. The van der Waals surface area contributed by atoms with Crippen LogP contribution in [-0.4, -0.2) is 40.3 Å². The third kappa shape index (κ3) is 3.67. The number of fused-ring (bicyclic) bond motifs is 4. The highest BCUT2D eigenvalue weighted by Crippen LogP contribution is 2.31. The lowest BCUT2D eigenvalue weighted by Crippen LogP contribution is -2.46. The predicted octanol–water partition coefficient (Wildman–Crippen LogP) is 1.11. The number of aryl methyl sites for hydroxylation is 1. The minimum absolute atomic E-state index is 0. The van der Waals surface area contributed by atoms with Gasteiger partial charge >= 0.3 is 0 Å². The van der Waals surface area contributed by atoms with Crippen LogP contribution in [0.2, 0.25) is 0 Å². The van der Waals surface area contributed by atoms with Crippen LogP contribution in [0.15, 0.2) is 16.9 Å². The zero-order valence-corrected chi connectivity index (χ0v) is 16.2. The predicted molar refractivity (Wildman–Crippen MR) is 102 cm³/mol. The molecule has 1 saturated heterocycles. The number of carbonyl (C=O) groups is 1. The van der Waals surface area contributed by atoms with E-state index in [4.69, 9.17) is 0 Å². The second kappa shape index (κ2) is 7.85. The van der Waals surface area contributed by atoms with Gasteiger partial charge in [-0.25, -0.2) is 0 Å². The fourth-order valence-electron chi connectivity index (χ4n) is 3.78. The lowest BCUT2D eigenvalue weighted by atomic mass is 9.84. The lowest BCUT2D eigenvalue weighted by molar-refractivity contribution is 0.0951. The number of hydrogen-bond acceptors (Lipinski definition) is 6. The van der Waals surface area contributed by atoms with E-state index in [1.807, 2.05) is 17.6 Å². The number of halogens is 1. The van der Waals surface area contributed by atoms with Gasteiger partial charge in [0.25, 0.3) is 11.5 Å². The lowest BCUT2D eigenvalue weighted by Gasteiger charge is -2.37. The molecule has 0 aromatic carbocycles. The molecule has 2 N–H and O–H groups in total. The molecule has 1 fully saturated rings. The van der Waals surface area contributed by atoms with Gasteiger partial charge in [-0.2, -0.15) is 0 Å². The van der Waals surface area contributed by atoms with Crippen LogP contribution in [0.4, 0.5) is 0 Å². The van der Waals surface area contributed by atoms with Crippen molar-refractivity contribution in [2.24, 2.45) is 5.92 Å². The van der Waals surface area contributed by atoms with Gasteiger partial charge in [0.15, 0.2) is 0 Å². The Hall–Kier alpha value is -1.77. The van der Waals surface area contributed by atoms with Crippen molar-refractivity contribution in [2.45, 2.75) is 32.2 Å². The summed E-state index contributed by atoms with van der Waals surface area (Å²) in [4.78, 5) is 25.2. The van der Waals surface area contributed by atoms with E-state index in [2.05, 4.69) is 20.8 Å². The van der Waals surface area contributed by atoms with E-state index in [1.54, 1.807) is 6.07 Å². The number of aromatic nitrogens is 3. The second-order valence-corrected chi connectivity index (χ2v) is 8.03. The largest absolute Gasteiger partial charge is 0.351 e. The Balaban J connectivity index is 0.00000196. The summed E-state index contributed by atoms with van der Waals surface area (Å²) in [6.07, 6.45) is 1.75. The first kappa shape index (κ1) is 19.0. The van der Waals surface area contributed by atoms with E-state index < -0.39 is 0 Å². The van der Waals surface area contributed by atoms with Gasteiger partial charge in [0, 0.05) is 37.7 Å². The summed E-state index contributed by atoms with van der Waals surface area (Å²) >= 11 is 1.52. The molecule has 2 atom stereocenters. The van der Waals surface area contributed by atoms with Crippen molar-refractivity contribution in [1.82, 2.24) is 25.4 Å². The summed E-state index contributed by atoms with van der Waals surface area (Å²) in [6.45, 7) is 4.90. The molecule has 1 amide bonds. The SMILES string of the molecule is Cc1nnc(CCNC(=O)c2ccc3n(c2=O)C[C@@H]2CNC[C@H]3C2)s1.Cl. The maximum absolute atomic E-state index is 12.8. The van der Waals surface area contributed by atoms with Gasteiger partial charge in [0.1, 0.15) is 15.6 Å². The molecule has 0 saturated carbocycles. The third-order valence-corrected chi connectivity index (χ3v) is 5.84.